The van der Waals surface area contributed by atoms with Crippen LogP contribution in [0.2, 0.25) is 0 Å². The van der Waals surface area contributed by atoms with Crippen LogP contribution < -0.4 is 10.1 Å². The van der Waals surface area contributed by atoms with E-state index in [1.807, 2.05) is 42.2 Å². The van der Waals surface area contributed by atoms with Gasteiger partial charge < -0.3 is 10.1 Å². The van der Waals surface area contributed by atoms with Gasteiger partial charge in [0.2, 0.25) is 0 Å². The maximum atomic E-state index is 5.36. The lowest BCUT2D eigenvalue weighted by Crippen LogP contribution is -2.19. The smallest absolute Gasteiger partial charge is 0.123 e. The third kappa shape index (κ3) is 2.90. The summed E-state index contributed by atoms with van der Waals surface area (Å²) >= 11 is 0. The van der Waals surface area contributed by atoms with Crippen molar-refractivity contribution in [2.24, 2.45) is 7.05 Å². The molecule has 1 heterocycles. The Hall–Kier alpha value is -1.81. The van der Waals surface area contributed by atoms with E-state index in [4.69, 9.17) is 4.74 Å². The first-order chi connectivity index (χ1) is 8.70. The van der Waals surface area contributed by atoms with E-state index < -0.39 is 0 Å². The molecule has 18 heavy (non-hydrogen) atoms. The van der Waals surface area contributed by atoms with E-state index in [9.17, 15) is 0 Å². The highest BCUT2D eigenvalue weighted by Gasteiger charge is 2.10. The molecular formula is C14H19N3O. The van der Waals surface area contributed by atoms with Gasteiger partial charge in [0.05, 0.1) is 12.8 Å². The molecule has 96 valence electrons. The summed E-state index contributed by atoms with van der Waals surface area (Å²) in [7, 11) is 3.62. The van der Waals surface area contributed by atoms with Crippen molar-refractivity contribution in [1.29, 1.82) is 0 Å². The van der Waals surface area contributed by atoms with Gasteiger partial charge in [0.15, 0.2) is 0 Å². The van der Waals surface area contributed by atoms with Gasteiger partial charge in [-0.3, -0.25) is 4.68 Å². The van der Waals surface area contributed by atoms with Crippen molar-refractivity contribution in [1.82, 2.24) is 15.1 Å². The number of aryl methyl sites for hydroxylation is 1. The van der Waals surface area contributed by atoms with Gasteiger partial charge in [-0.05, 0) is 19.1 Å². The molecule has 0 saturated heterocycles. The summed E-state index contributed by atoms with van der Waals surface area (Å²) in [6.07, 6.45) is 1.95. The summed E-state index contributed by atoms with van der Waals surface area (Å²) < 4.78 is 7.17. The van der Waals surface area contributed by atoms with Crippen LogP contribution in [0.1, 0.15) is 24.2 Å². The van der Waals surface area contributed by atoms with E-state index in [0.717, 1.165) is 23.6 Å². The molecule has 0 spiro atoms. The monoisotopic (exact) mass is 245 g/mol. The second-order valence-corrected chi connectivity index (χ2v) is 4.33. The van der Waals surface area contributed by atoms with Gasteiger partial charge in [0, 0.05) is 31.4 Å². The van der Waals surface area contributed by atoms with Crippen molar-refractivity contribution in [3.05, 3.63) is 47.8 Å². The predicted octanol–water partition coefficient (Wildman–Crippen LogP) is 2.28. The number of nitrogens with one attached hydrogen (secondary N) is 1. The quantitative estimate of drug-likeness (QED) is 0.878. The molecule has 1 atom stereocenters. The van der Waals surface area contributed by atoms with E-state index in [0.29, 0.717) is 0 Å². The molecule has 4 heteroatoms. The molecule has 0 saturated carbocycles. The SMILES string of the molecule is COc1ccccc1[C@H](C)NCc1ccn(C)n1. The van der Waals surface area contributed by atoms with Gasteiger partial charge in [-0.15, -0.1) is 0 Å². The molecule has 4 nitrogen and oxygen atoms in total. The molecular weight excluding hydrogens is 226 g/mol. The van der Waals surface area contributed by atoms with Crippen LogP contribution >= 0.6 is 0 Å². The average Bonchev–Trinajstić information content (AvgIpc) is 2.81. The lowest BCUT2D eigenvalue weighted by Gasteiger charge is -2.16. The van der Waals surface area contributed by atoms with Crippen molar-refractivity contribution in [3.63, 3.8) is 0 Å². The lowest BCUT2D eigenvalue weighted by atomic mass is 10.1. The van der Waals surface area contributed by atoms with Crippen molar-refractivity contribution >= 4 is 0 Å². The topological polar surface area (TPSA) is 39.1 Å². The highest BCUT2D eigenvalue weighted by molar-refractivity contribution is 5.35. The third-order valence-electron chi connectivity index (χ3n) is 2.96. The van der Waals surface area contributed by atoms with E-state index in [1.54, 1.807) is 7.11 Å². The lowest BCUT2D eigenvalue weighted by molar-refractivity contribution is 0.401. The number of ether oxygens (including phenoxy) is 1. The average molecular weight is 245 g/mol. The summed E-state index contributed by atoms with van der Waals surface area (Å²) in [5.41, 5.74) is 2.20. The Morgan fingerprint density at radius 3 is 2.78 bits per heavy atom. The summed E-state index contributed by atoms with van der Waals surface area (Å²) in [6.45, 7) is 2.88. The Kier molecular flexibility index (Phi) is 3.99. The number of para-hydroxylation sites is 1. The molecule has 0 unspecified atom stereocenters. The van der Waals surface area contributed by atoms with Gasteiger partial charge in [-0.1, -0.05) is 18.2 Å². The number of rotatable bonds is 5. The zero-order valence-corrected chi connectivity index (χ0v) is 11.1. The van der Waals surface area contributed by atoms with Crippen molar-refractivity contribution < 1.29 is 4.74 Å². The van der Waals surface area contributed by atoms with E-state index >= 15 is 0 Å². The zero-order chi connectivity index (χ0) is 13.0. The number of methoxy groups -OCH3 is 1. The van der Waals surface area contributed by atoms with Gasteiger partial charge in [0.1, 0.15) is 5.75 Å². The second-order valence-electron chi connectivity index (χ2n) is 4.33. The highest BCUT2D eigenvalue weighted by Crippen LogP contribution is 2.24. The fraction of sp³-hybridized carbons (Fsp3) is 0.357. The molecule has 1 aromatic carbocycles. The number of benzene rings is 1. The minimum atomic E-state index is 0.225. The van der Waals surface area contributed by atoms with Crippen LogP contribution in [0.4, 0.5) is 0 Å². The Labute approximate surface area is 108 Å². The molecule has 0 aliphatic rings. The molecule has 0 aliphatic heterocycles. The van der Waals surface area contributed by atoms with Crippen LogP contribution in [0.15, 0.2) is 36.5 Å². The maximum absolute atomic E-state index is 5.36. The first-order valence-electron chi connectivity index (χ1n) is 6.05. The third-order valence-corrected chi connectivity index (χ3v) is 2.96. The van der Waals surface area contributed by atoms with Crippen LogP contribution in [0, 0.1) is 0 Å². The highest BCUT2D eigenvalue weighted by atomic mass is 16.5. The van der Waals surface area contributed by atoms with Crippen LogP contribution in [0.3, 0.4) is 0 Å². The van der Waals surface area contributed by atoms with Gasteiger partial charge in [-0.25, -0.2) is 0 Å². The predicted molar refractivity (Wildman–Crippen MR) is 71.5 cm³/mol. The molecule has 0 amide bonds. The second kappa shape index (κ2) is 5.69. The molecule has 1 N–H and O–H groups in total. The molecule has 1 aromatic heterocycles. The molecule has 0 aliphatic carbocycles. The van der Waals surface area contributed by atoms with Crippen LogP contribution in [0.5, 0.6) is 5.75 Å². The van der Waals surface area contributed by atoms with Gasteiger partial charge in [0.25, 0.3) is 0 Å². The van der Waals surface area contributed by atoms with E-state index in [2.05, 4.69) is 23.4 Å². The van der Waals surface area contributed by atoms with Gasteiger partial charge in [-0.2, -0.15) is 5.10 Å². The largest absolute Gasteiger partial charge is 0.496 e. The molecule has 2 aromatic rings. The van der Waals surface area contributed by atoms with Crippen molar-refractivity contribution in [2.45, 2.75) is 19.5 Å². The van der Waals surface area contributed by atoms with Crippen LogP contribution in [-0.4, -0.2) is 16.9 Å². The van der Waals surface area contributed by atoms with Crippen molar-refractivity contribution in [3.8, 4) is 5.75 Å². The zero-order valence-electron chi connectivity index (χ0n) is 11.1. The van der Waals surface area contributed by atoms with E-state index in [-0.39, 0.29) is 6.04 Å². The first kappa shape index (κ1) is 12.6. The standard InChI is InChI=1S/C14H19N3O/c1-11(13-6-4-5-7-14(13)18-3)15-10-12-8-9-17(2)16-12/h4-9,11,15H,10H2,1-3H3/t11-/m0/s1. The molecule has 2 rings (SSSR count). The summed E-state index contributed by atoms with van der Waals surface area (Å²) in [5, 5.41) is 7.79. The Morgan fingerprint density at radius 1 is 1.33 bits per heavy atom. The number of hydrogen-bond donors (Lipinski definition) is 1. The Morgan fingerprint density at radius 2 is 2.11 bits per heavy atom. The Bertz CT molecular complexity index is 507. The molecule has 0 radical (unpaired) electrons. The normalized spacial score (nSPS) is 12.4. The first-order valence-corrected chi connectivity index (χ1v) is 6.05. The van der Waals surface area contributed by atoms with Crippen molar-refractivity contribution in [2.75, 3.05) is 7.11 Å². The number of nitrogens with zero attached hydrogens (tertiary/aromatic N) is 2. The Balaban J connectivity index is 2.01. The minimum Gasteiger partial charge on any atom is -0.496 e. The minimum absolute atomic E-state index is 0.225. The maximum Gasteiger partial charge on any atom is 0.123 e. The summed E-state index contributed by atoms with van der Waals surface area (Å²) in [4.78, 5) is 0. The summed E-state index contributed by atoms with van der Waals surface area (Å²) in [5.74, 6) is 0.915. The van der Waals surface area contributed by atoms with Gasteiger partial charge >= 0.3 is 0 Å². The number of hydrogen-bond acceptors (Lipinski definition) is 3. The van der Waals surface area contributed by atoms with Crippen LogP contribution in [-0.2, 0) is 13.6 Å². The van der Waals surface area contributed by atoms with Crippen LogP contribution in [0.25, 0.3) is 0 Å². The molecule has 0 bridgehead atoms. The molecule has 0 fully saturated rings. The summed E-state index contributed by atoms with van der Waals surface area (Å²) in [6, 6.07) is 10.3. The fourth-order valence-electron chi connectivity index (χ4n) is 1.95. The fourth-order valence-corrected chi connectivity index (χ4v) is 1.95. The number of aromatic nitrogens is 2. The van der Waals surface area contributed by atoms with E-state index in [1.165, 1.54) is 0 Å².